The highest BCUT2D eigenvalue weighted by Gasteiger charge is 2.25. The summed E-state index contributed by atoms with van der Waals surface area (Å²) in [5.74, 6) is 1.67. The van der Waals surface area contributed by atoms with Gasteiger partial charge in [0, 0.05) is 32.1 Å². The molecule has 1 N–H and O–H groups in total. The van der Waals surface area contributed by atoms with E-state index in [0.29, 0.717) is 13.2 Å². The second-order valence-electron chi connectivity index (χ2n) is 6.70. The maximum absolute atomic E-state index is 10.3. The molecule has 0 spiro atoms. The molecule has 1 aliphatic rings. The second-order valence-corrected chi connectivity index (χ2v) is 7.61. The summed E-state index contributed by atoms with van der Waals surface area (Å²) in [4.78, 5) is 2.41. The summed E-state index contributed by atoms with van der Waals surface area (Å²) in [5.41, 5.74) is 1.14. The zero-order valence-electron chi connectivity index (χ0n) is 17.3. The Morgan fingerprint density at radius 3 is 2.42 bits per heavy atom. The molecule has 0 amide bonds. The molecule has 2 rings (SSSR count). The molecule has 1 fully saturated rings. The summed E-state index contributed by atoms with van der Waals surface area (Å²) in [5, 5.41) is 10.3. The van der Waals surface area contributed by atoms with Crippen molar-refractivity contribution in [2.75, 3.05) is 43.8 Å². The summed E-state index contributed by atoms with van der Waals surface area (Å²) in [7, 11) is 2.04. The van der Waals surface area contributed by atoms with E-state index in [1.54, 1.807) is 11.9 Å². The van der Waals surface area contributed by atoms with Gasteiger partial charge >= 0.3 is 0 Å². The van der Waals surface area contributed by atoms with Gasteiger partial charge in [-0.15, -0.1) is 0 Å². The Labute approximate surface area is 165 Å². The van der Waals surface area contributed by atoms with E-state index in [1.165, 1.54) is 25.7 Å². The van der Waals surface area contributed by atoms with Crippen LogP contribution in [0.4, 0.5) is 5.69 Å². The Morgan fingerprint density at radius 2 is 1.88 bits per heavy atom. The number of aliphatic hydroxyl groups excluding tert-OH is 1. The summed E-state index contributed by atoms with van der Waals surface area (Å²) in [6.07, 6.45) is 6.72. The number of unbranched alkanes of at least 4 members (excludes halogenated alkanes) is 1. The Kier molecular flexibility index (Phi) is 11.8. The van der Waals surface area contributed by atoms with Gasteiger partial charge in [0.2, 0.25) is 0 Å². The number of nitrogens with zero attached hydrogens (tertiary/aromatic N) is 2. The standard InChI is InChI=1S/C19H32N2O2S.C2H6/c1-4-5-12-21(13-16-6-7-16)14-18(22)15-23-19-10-8-17(9-11-19)20(2)24-3;1-2/h8-11,16,18,22H,4-7,12-15H2,1-3H3;1-2H3. The van der Waals surface area contributed by atoms with Crippen LogP contribution in [0.3, 0.4) is 0 Å². The molecule has 1 saturated carbocycles. The average molecular weight is 383 g/mol. The molecule has 1 aliphatic carbocycles. The van der Waals surface area contributed by atoms with Crippen molar-refractivity contribution in [2.24, 2.45) is 5.92 Å². The van der Waals surface area contributed by atoms with E-state index in [1.807, 2.05) is 51.4 Å². The van der Waals surface area contributed by atoms with Crippen molar-refractivity contribution >= 4 is 17.6 Å². The zero-order chi connectivity index (χ0) is 19.4. The maximum Gasteiger partial charge on any atom is 0.119 e. The van der Waals surface area contributed by atoms with E-state index in [4.69, 9.17) is 4.74 Å². The van der Waals surface area contributed by atoms with Gasteiger partial charge in [-0.3, -0.25) is 0 Å². The molecule has 26 heavy (non-hydrogen) atoms. The number of hydrogen-bond acceptors (Lipinski definition) is 5. The van der Waals surface area contributed by atoms with Crippen molar-refractivity contribution in [1.82, 2.24) is 4.90 Å². The van der Waals surface area contributed by atoms with Crippen LogP contribution in [0.15, 0.2) is 24.3 Å². The maximum atomic E-state index is 10.3. The van der Waals surface area contributed by atoms with Crippen LogP contribution in [0.5, 0.6) is 5.75 Å². The molecular formula is C21H38N2O2S. The second kappa shape index (κ2) is 13.3. The topological polar surface area (TPSA) is 35.9 Å². The van der Waals surface area contributed by atoms with Gasteiger partial charge in [-0.05, 0) is 56.0 Å². The number of anilines is 1. The number of hydrogen-bond donors (Lipinski definition) is 1. The molecule has 0 saturated heterocycles. The molecule has 1 aromatic rings. The van der Waals surface area contributed by atoms with Crippen molar-refractivity contribution in [3.8, 4) is 5.75 Å². The van der Waals surface area contributed by atoms with E-state index >= 15 is 0 Å². The van der Waals surface area contributed by atoms with Crippen molar-refractivity contribution in [3.63, 3.8) is 0 Å². The summed E-state index contributed by atoms with van der Waals surface area (Å²) < 4.78 is 7.86. The van der Waals surface area contributed by atoms with Crippen LogP contribution >= 0.6 is 11.9 Å². The molecular weight excluding hydrogens is 344 g/mol. The SMILES string of the molecule is CC.CCCCN(CC(O)COc1ccc(N(C)SC)cc1)CC1CC1. The fourth-order valence-corrected chi connectivity index (χ4v) is 3.04. The van der Waals surface area contributed by atoms with Crippen LogP contribution in [0.25, 0.3) is 0 Å². The lowest BCUT2D eigenvalue weighted by Crippen LogP contribution is -2.37. The minimum atomic E-state index is -0.436. The molecule has 0 bridgehead atoms. The smallest absolute Gasteiger partial charge is 0.119 e. The van der Waals surface area contributed by atoms with Crippen LogP contribution < -0.4 is 9.04 Å². The molecule has 0 radical (unpaired) electrons. The molecule has 1 aromatic carbocycles. The lowest BCUT2D eigenvalue weighted by atomic mass is 10.2. The van der Waals surface area contributed by atoms with Crippen molar-refractivity contribution < 1.29 is 9.84 Å². The van der Waals surface area contributed by atoms with Gasteiger partial charge in [0.25, 0.3) is 0 Å². The number of ether oxygens (including phenoxy) is 1. The molecule has 0 aromatic heterocycles. The Bertz CT molecular complexity index is 466. The number of rotatable bonds is 12. The summed E-state index contributed by atoms with van der Waals surface area (Å²) in [6.45, 7) is 9.49. The normalized spacial score (nSPS) is 14.6. The molecule has 4 nitrogen and oxygen atoms in total. The fourth-order valence-electron chi connectivity index (χ4n) is 2.71. The Hall–Kier alpha value is -0.910. The Balaban J connectivity index is 0.00000163. The minimum absolute atomic E-state index is 0.352. The Morgan fingerprint density at radius 1 is 1.23 bits per heavy atom. The van der Waals surface area contributed by atoms with Crippen molar-refractivity contribution in [2.45, 2.75) is 52.6 Å². The quantitative estimate of drug-likeness (QED) is 0.531. The first-order valence-electron chi connectivity index (χ1n) is 10.0. The van der Waals surface area contributed by atoms with Crippen LogP contribution in [-0.4, -0.2) is 55.7 Å². The zero-order valence-corrected chi connectivity index (χ0v) is 18.1. The predicted octanol–water partition coefficient (Wildman–Crippen LogP) is 4.68. The van der Waals surface area contributed by atoms with Gasteiger partial charge in [0.1, 0.15) is 18.5 Å². The molecule has 1 unspecified atom stereocenters. The molecule has 0 heterocycles. The van der Waals surface area contributed by atoms with Crippen LogP contribution in [0.2, 0.25) is 0 Å². The first-order chi connectivity index (χ1) is 12.6. The monoisotopic (exact) mass is 382 g/mol. The lowest BCUT2D eigenvalue weighted by Gasteiger charge is -2.25. The van der Waals surface area contributed by atoms with E-state index in [9.17, 15) is 5.11 Å². The molecule has 150 valence electrons. The highest BCUT2D eigenvalue weighted by Crippen LogP contribution is 2.30. The third-order valence-electron chi connectivity index (χ3n) is 4.43. The first-order valence-corrected chi connectivity index (χ1v) is 11.2. The van der Waals surface area contributed by atoms with Crippen LogP contribution in [-0.2, 0) is 0 Å². The highest BCUT2D eigenvalue weighted by molar-refractivity contribution is 7.99. The van der Waals surface area contributed by atoms with Gasteiger partial charge in [-0.1, -0.05) is 39.1 Å². The van der Waals surface area contributed by atoms with Gasteiger partial charge in [-0.25, -0.2) is 0 Å². The summed E-state index contributed by atoms with van der Waals surface area (Å²) >= 11 is 1.67. The van der Waals surface area contributed by atoms with E-state index in [2.05, 4.69) is 16.1 Å². The van der Waals surface area contributed by atoms with Crippen molar-refractivity contribution in [1.29, 1.82) is 0 Å². The minimum Gasteiger partial charge on any atom is -0.491 e. The average Bonchev–Trinajstić information content (AvgIpc) is 3.50. The molecule has 1 atom stereocenters. The molecule has 5 heteroatoms. The lowest BCUT2D eigenvalue weighted by molar-refractivity contribution is 0.0660. The van der Waals surface area contributed by atoms with Crippen molar-refractivity contribution in [3.05, 3.63) is 24.3 Å². The van der Waals surface area contributed by atoms with Gasteiger partial charge in [-0.2, -0.15) is 0 Å². The highest BCUT2D eigenvalue weighted by atomic mass is 32.2. The van der Waals surface area contributed by atoms with Crippen LogP contribution in [0.1, 0.15) is 46.5 Å². The van der Waals surface area contributed by atoms with E-state index in [0.717, 1.165) is 30.4 Å². The number of benzene rings is 1. The van der Waals surface area contributed by atoms with E-state index < -0.39 is 6.10 Å². The first kappa shape index (κ1) is 23.1. The number of aliphatic hydroxyl groups is 1. The molecule has 0 aliphatic heterocycles. The van der Waals surface area contributed by atoms with E-state index in [-0.39, 0.29) is 0 Å². The van der Waals surface area contributed by atoms with Crippen LogP contribution in [0, 0.1) is 5.92 Å². The van der Waals surface area contributed by atoms with Gasteiger partial charge in [0.05, 0.1) is 0 Å². The third kappa shape index (κ3) is 9.15. The largest absolute Gasteiger partial charge is 0.491 e. The van der Waals surface area contributed by atoms with Gasteiger partial charge in [0.15, 0.2) is 0 Å². The fraction of sp³-hybridized carbons (Fsp3) is 0.714. The third-order valence-corrected chi connectivity index (χ3v) is 5.19. The van der Waals surface area contributed by atoms with Gasteiger partial charge < -0.3 is 19.0 Å². The predicted molar refractivity (Wildman–Crippen MR) is 115 cm³/mol. The summed E-state index contributed by atoms with van der Waals surface area (Å²) in [6, 6.07) is 8.01.